The summed E-state index contributed by atoms with van der Waals surface area (Å²) in [6, 6.07) is 2.14. The minimum atomic E-state index is 0.0740. The molecule has 0 saturated carbocycles. The maximum atomic E-state index is 6.06. The SMILES string of the molecule is CCC(C)C(N)c1cc(C)n(C)n1. The van der Waals surface area contributed by atoms with E-state index in [4.69, 9.17) is 5.73 Å². The van der Waals surface area contributed by atoms with Crippen LogP contribution in [0.2, 0.25) is 0 Å². The van der Waals surface area contributed by atoms with Gasteiger partial charge in [0.1, 0.15) is 0 Å². The van der Waals surface area contributed by atoms with Crippen molar-refractivity contribution in [2.75, 3.05) is 0 Å². The zero-order valence-electron chi connectivity index (χ0n) is 8.91. The lowest BCUT2D eigenvalue weighted by molar-refractivity contribution is 0.444. The molecule has 0 spiro atoms. The molecule has 2 atom stereocenters. The Morgan fingerprint density at radius 2 is 2.23 bits per heavy atom. The summed E-state index contributed by atoms with van der Waals surface area (Å²) in [6.45, 7) is 6.36. The van der Waals surface area contributed by atoms with E-state index in [-0.39, 0.29) is 6.04 Å². The van der Waals surface area contributed by atoms with Gasteiger partial charge in [0.25, 0.3) is 0 Å². The molecule has 0 aliphatic heterocycles. The number of nitrogens with two attached hydrogens (primary N) is 1. The fraction of sp³-hybridized carbons (Fsp3) is 0.700. The third-order valence-electron chi connectivity index (χ3n) is 2.73. The summed E-state index contributed by atoms with van der Waals surface area (Å²) < 4.78 is 1.87. The highest BCUT2D eigenvalue weighted by Crippen LogP contribution is 2.20. The Bertz CT molecular complexity index is 258. The lowest BCUT2D eigenvalue weighted by atomic mass is 9.97. The molecule has 0 aromatic carbocycles. The second kappa shape index (κ2) is 3.92. The van der Waals surface area contributed by atoms with Gasteiger partial charge in [0.15, 0.2) is 0 Å². The molecule has 2 unspecified atom stereocenters. The van der Waals surface area contributed by atoms with E-state index in [0.29, 0.717) is 5.92 Å². The Kier molecular flexibility index (Phi) is 3.09. The Morgan fingerprint density at radius 1 is 1.62 bits per heavy atom. The van der Waals surface area contributed by atoms with E-state index in [1.807, 2.05) is 18.7 Å². The van der Waals surface area contributed by atoms with E-state index < -0.39 is 0 Å². The van der Waals surface area contributed by atoms with Gasteiger partial charge in [-0.15, -0.1) is 0 Å². The first kappa shape index (κ1) is 10.3. The summed E-state index contributed by atoms with van der Waals surface area (Å²) in [5, 5.41) is 4.37. The van der Waals surface area contributed by atoms with Crippen LogP contribution in [0.4, 0.5) is 0 Å². The quantitative estimate of drug-likeness (QED) is 0.772. The van der Waals surface area contributed by atoms with Crippen LogP contribution in [-0.4, -0.2) is 9.78 Å². The number of aryl methyl sites for hydroxylation is 2. The molecule has 0 bridgehead atoms. The third-order valence-corrected chi connectivity index (χ3v) is 2.73. The molecule has 1 aromatic heterocycles. The summed E-state index contributed by atoms with van der Waals surface area (Å²) >= 11 is 0. The highest BCUT2D eigenvalue weighted by molar-refractivity contribution is 5.12. The topological polar surface area (TPSA) is 43.8 Å². The van der Waals surface area contributed by atoms with Crippen LogP contribution in [0.15, 0.2) is 6.07 Å². The van der Waals surface area contributed by atoms with Crippen LogP contribution in [0.3, 0.4) is 0 Å². The lowest BCUT2D eigenvalue weighted by Crippen LogP contribution is -2.19. The zero-order chi connectivity index (χ0) is 10.0. The van der Waals surface area contributed by atoms with E-state index in [1.54, 1.807) is 0 Å². The van der Waals surface area contributed by atoms with Crippen molar-refractivity contribution in [3.8, 4) is 0 Å². The Hall–Kier alpha value is -0.830. The average Bonchev–Trinajstić information content (AvgIpc) is 2.44. The molecule has 3 heteroatoms. The molecule has 0 aliphatic carbocycles. The molecule has 0 amide bonds. The van der Waals surface area contributed by atoms with E-state index >= 15 is 0 Å². The van der Waals surface area contributed by atoms with Crippen LogP contribution in [0.25, 0.3) is 0 Å². The molecule has 74 valence electrons. The van der Waals surface area contributed by atoms with Crippen molar-refractivity contribution in [2.24, 2.45) is 18.7 Å². The summed E-state index contributed by atoms with van der Waals surface area (Å²) in [5.74, 6) is 0.495. The van der Waals surface area contributed by atoms with Crippen LogP contribution in [0.5, 0.6) is 0 Å². The maximum Gasteiger partial charge on any atom is 0.0797 e. The molecule has 0 aliphatic rings. The maximum absolute atomic E-state index is 6.06. The molecule has 3 nitrogen and oxygen atoms in total. The van der Waals surface area contributed by atoms with Crippen molar-refractivity contribution < 1.29 is 0 Å². The first-order valence-electron chi connectivity index (χ1n) is 4.82. The van der Waals surface area contributed by atoms with Gasteiger partial charge in [-0.25, -0.2) is 0 Å². The number of nitrogens with zero attached hydrogens (tertiary/aromatic N) is 2. The van der Waals surface area contributed by atoms with Crippen LogP contribution < -0.4 is 5.73 Å². The fourth-order valence-electron chi connectivity index (χ4n) is 1.30. The van der Waals surface area contributed by atoms with Gasteiger partial charge >= 0.3 is 0 Å². The van der Waals surface area contributed by atoms with E-state index in [2.05, 4.69) is 25.0 Å². The van der Waals surface area contributed by atoms with Crippen molar-refractivity contribution in [3.63, 3.8) is 0 Å². The monoisotopic (exact) mass is 181 g/mol. The zero-order valence-corrected chi connectivity index (χ0v) is 8.91. The van der Waals surface area contributed by atoms with Gasteiger partial charge in [0, 0.05) is 12.7 Å². The van der Waals surface area contributed by atoms with Crippen LogP contribution >= 0.6 is 0 Å². The Balaban J connectivity index is 2.82. The summed E-state index contributed by atoms with van der Waals surface area (Å²) in [6.07, 6.45) is 1.09. The highest BCUT2D eigenvalue weighted by Gasteiger charge is 2.16. The lowest BCUT2D eigenvalue weighted by Gasteiger charge is -2.15. The van der Waals surface area contributed by atoms with Gasteiger partial charge < -0.3 is 5.73 Å². The molecular weight excluding hydrogens is 162 g/mol. The molecular formula is C10H19N3. The average molecular weight is 181 g/mol. The molecule has 13 heavy (non-hydrogen) atoms. The summed E-state index contributed by atoms with van der Waals surface area (Å²) in [7, 11) is 1.95. The predicted molar refractivity (Wildman–Crippen MR) is 54.3 cm³/mol. The van der Waals surface area contributed by atoms with Crippen LogP contribution in [0.1, 0.15) is 37.7 Å². The molecule has 1 aromatic rings. The first-order valence-corrected chi connectivity index (χ1v) is 4.82. The molecule has 2 N–H and O–H groups in total. The van der Waals surface area contributed by atoms with Gasteiger partial charge in [-0.3, -0.25) is 4.68 Å². The highest BCUT2D eigenvalue weighted by atomic mass is 15.3. The van der Waals surface area contributed by atoms with Crippen molar-refractivity contribution >= 4 is 0 Å². The first-order chi connectivity index (χ1) is 6.06. The molecule has 0 radical (unpaired) electrons. The Labute approximate surface area is 79.9 Å². The van der Waals surface area contributed by atoms with Crippen LogP contribution in [0, 0.1) is 12.8 Å². The third kappa shape index (κ3) is 2.10. The Morgan fingerprint density at radius 3 is 2.62 bits per heavy atom. The van der Waals surface area contributed by atoms with Crippen molar-refractivity contribution in [3.05, 3.63) is 17.5 Å². The second-order valence-corrected chi connectivity index (χ2v) is 3.75. The normalized spacial score (nSPS) is 15.8. The van der Waals surface area contributed by atoms with Gasteiger partial charge in [0.2, 0.25) is 0 Å². The van der Waals surface area contributed by atoms with Crippen molar-refractivity contribution in [1.82, 2.24) is 9.78 Å². The number of hydrogen-bond donors (Lipinski definition) is 1. The van der Waals surface area contributed by atoms with E-state index in [1.165, 1.54) is 0 Å². The summed E-state index contributed by atoms with van der Waals surface area (Å²) in [5.41, 5.74) is 8.22. The largest absolute Gasteiger partial charge is 0.322 e. The van der Waals surface area contributed by atoms with Gasteiger partial charge in [-0.1, -0.05) is 20.3 Å². The van der Waals surface area contributed by atoms with Crippen molar-refractivity contribution in [1.29, 1.82) is 0 Å². The minimum absolute atomic E-state index is 0.0740. The standard InChI is InChI=1S/C10H19N3/c1-5-7(2)10(11)9-6-8(3)13(4)12-9/h6-7,10H,5,11H2,1-4H3. The predicted octanol–water partition coefficient (Wildman–Crippen LogP) is 1.77. The molecule has 0 fully saturated rings. The van der Waals surface area contributed by atoms with Gasteiger partial charge in [-0.05, 0) is 18.9 Å². The van der Waals surface area contributed by atoms with E-state index in [9.17, 15) is 0 Å². The molecule has 1 rings (SSSR count). The van der Waals surface area contributed by atoms with Gasteiger partial charge in [0.05, 0.1) is 11.7 Å². The molecule has 1 heterocycles. The van der Waals surface area contributed by atoms with E-state index in [0.717, 1.165) is 17.8 Å². The smallest absolute Gasteiger partial charge is 0.0797 e. The van der Waals surface area contributed by atoms with Crippen LogP contribution in [-0.2, 0) is 7.05 Å². The van der Waals surface area contributed by atoms with Gasteiger partial charge in [-0.2, -0.15) is 5.10 Å². The number of hydrogen-bond acceptors (Lipinski definition) is 2. The second-order valence-electron chi connectivity index (χ2n) is 3.75. The minimum Gasteiger partial charge on any atom is -0.322 e. The number of aromatic nitrogens is 2. The number of rotatable bonds is 3. The summed E-state index contributed by atoms with van der Waals surface area (Å²) in [4.78, 5) is 0. The van der Waals surface area contributed by atoms with Crippen molar-refractivity contribution in [2.45, 2.75) is 33.2 Å². The molecule has 0 saturated heterocycles. The fourth-order valence-corrected chi connectivity index (χ4v) is 1.30.